The van der Waals surface area contributed by atoms with Crippen molar-refractivity contribution in [3.8, 4) is 0 Å². The lowest BCUT2D eigenvalue weighted by Gasteiger charge is -2.32. The van der Waals surface area contributed by atoms with Crippen LogP contribution in [0, 0.1) is 21.7 Å². The molecule has 1 spiro atoms. The molecule has 1 atom stereocenters. The van der Waals surface area contributed by atoms with Crippen LogP contribution in [0.1, 0.15) is 16.7 Å². The number of halogens is 5. The van der Waals surface area contributed by atoms with Gasteiger partial charge in [-0.2, -0.15) is 13.2 Å². The number of sulfone groups is 1. The Morgan fingerprint density at radius 2 is 1.69 bits per heavy atom. The van der Waals surface area contributed by atoms with Gasteiger partial charge in [0.05, 0.1) is 22.7 Å². The molecule has 1 fully saturated rings. The number of non-ortho nitro benzene ring substituents is 1. The first-order valence-corrected chi connectivity index (χ1v) is 12.6. The largest absolute Gasteiger partial charge is 0.416 e. The summed E-state index contributed by atoms with van der Waals surface area (Å²) < 4.78 is 94.8. The minimum atomic E-state index is -4.85. The van der Waals surface area contributed by atoms with Crippen LogP contribution >= 0.6 is 0 Å². The number of rotatable bonds is 4. The Morgan fingerprint density at radius 3 is 2.33 bits per heavy atom. The van der Waals surface area contributed by atoms with E-state index >= 15 is 0 Å². The Hall–Kier alpha value is -4.40. The van der Waals surface area contributed by atoms with Gasteiger partial charge in [0.1, 0.15) is 5.75 Å². The zero-order valence-electron chi connectivity index (χ0n) is 19.3. The van der Waals surface area contributed by atoms with Gasteiger partial charge in [-0.05, 0) is 35.9 Å². The molecule has 1 saturated heterocycles. The van der Waals surface area contributed by atoms with E-state index in [1.165, 1.54) is 6.07 Å². The van der Waals surface area contributed by atoms with Gasteiger partial charge in [0.2, 0.25) is 5.91 Å². The summed E-state index contributed by atoms with van der Waals surface area (Å²) in [4.78, 5) is 36.0. The number of alkyl halides is 3. The van der Waals surface area contributed by atoms with Crippen molar-refractivity contribution >= 4 is 38.7 Å². The van der Waals surface area contributed by atoms with Crippen LogP contribution in [0.4, 0.5) is 39.0 Å². The number of nitro benzene ring substituents is 1. The molecule has 0 N–H and O–H groups in total. The van der Waals surface area contributed by atoms with Crippen LogP contribution in [-0.2, 0) is 37.0 Å². The number of carbonyl (C=O) groups excluding carboxylic acids is 2. The molecule has 0 aromatic heterocycles. The number of nitro groups is 1. The molecule has 0 aliphatic carbocycles. The lowest BCUT2D eigenvalue weighted by molar-refractivity contribution is -0.384. The van der Waals surface area contributed by atoms with Crippen molar-refractivity contribution in [3.63, 3.8) is 0 Å². The van der Waals surface area contributed by atoms with Crippen molar-refractivity contribution in [1.82, 2.24) is 0 Å². The van der Waals surface area contributed by atoms with Gasteiger partial charge in [0.25, 0.3) is 16.5 Å². The standard InChI is InChI=1S/C24H14F5N3O6S/c25-18-6-4-15(10-19(18)26)31-21(33)12-39(37,38)23(31)17-9-16(32(35)36)5-7-20(17)30(22(23)34)11-13-2-1-3-14(8-13)24(27,28)29/h1-10H,11-12H2/t23-/m1/s1. The van der Waals surface area contributed by atoms with Gasteiger partial charge in [-0.25, -0.2) is 17.2 Å². The van der Waals surface area contributed by atoms with E-state index in [1.807, 2.05) is 0 Å². The van der Waals surface area contributed by atoms with Crippen LogP contribution in [0.2, 0.25) is 0 Å². The summed E-state index contributed by atoms with van der Waals surface area (Å²) in [7, 11) is -4.85. The SMILES string of the molecule is O=C1CS(=O)(=O)[C@]2(C(=O)N(Cc3cccc(C(F)(F)F)c3)c3ccc([N+](=O)[O-])cc32)N1c1ccc(F)c(F)c1. The summed E-state index contributed by atoms with van der Waals surface area (Å²) in [5.41, 5.74) is -3.04. The summed E-state index contributed by atoms with van der Waals surface area (Å²) in [5.74, 6) is -6.58. The molecule has 0 bridgehead atoms. The second-order valence-electron chi connectivity index (χ2n) is 8.78. The third-order valence-electron chi connectivity index (χ3n) is 6.47. The Labute approximate surface area is 216 Å². The summed E-state index contributed by atoms with van der Waals surface area (Å²) in [5, 5.41) is 11.5. The van der Waals surface area contributed by atoms with E-state index in [-0.39, 0.29) is 11.3 Å². The molecule has 3 aromatic carbocycles. The molecular weight excluding hydrogens is 553 g/mol. The number of carbonyl (C=O) groups is 2. The molecule has 3 aromatic rings. The van der Waals surface area contributed by atoms with Crippen LogP contribution in [0.25, 0.3) is 0 Å². The quantitative estimate of drug-likeness (QED) is 0.267. The first kappa shape index (κ1) is 26.2. The van der Waals surface area contributed by atoms with Crippen molar-refractivity contribution in [2.75, 3.05) is 15.6 Å². The smallest absolute Gasteiger partial charge is 0.304 e. The molecule has 0 radical (unpaired) electrons. The first-order valence-electron chi connectivity index (χ1n) is 11.0. The molecule has 15 heteroatoms. The maximum atomic E-state index is 14.2. The van der Waals surface area contributed by atoms with Crippen LogP contribution < -0.4 is 9.80 Å². The normalized spacial score (nSPS) is 20.1. The minimum absolute atomic E-state index is 0.0689. The van der Waals surface area contributed by atoms with E-state index in [4.69, 9.17) is 0 Å². The van der Waals surface area contributed by atoms with Crippen molar-refractivity contribution in [3.05, 3.63) is 99.1 Å². The number of anilines is 2. The maximum absolute atomic E-state index is 14.2. The second kappa shape index (κ2) is 8.56. The molecule has 0 saturated carbocycles. The summed E-state index contributed by atoms with van der Waals surface area (Å²) in [6.45, 7) is -0.607. The molecule has 0 unspecified atom stereocenters. The highest BCUT2D eigenvalue weighted by atomic mass is 32.2. The van der Waals surface area contributed by atoms with Crippen LogP contribution in [-0.4, -0.2) is 30.9 Å². The maximum Gasteiger partial charge on any atom is 0.416 e. The summed E-state index contributed by atoms with van der Waals surface area (Å²) >= 11 is 0. The summed E-state index contributed by atoms with van der Waals surface area (Å²) in [6, 6.07) is 8.57. The number of amides is 2. The second-order valence-corrected chi connectivity index (χ2v) is 10.9. The minimum Gasteiger partial charge on any atom is -0.304 e. The average Bonchev–Trinajstić information content (AvgIpc) is 3.22. The van der Waals surface area contributed by atoms with Gasteiger partial charge < -0.3 is 4.90 Å². The van der Waals surface area contributed by atoms with E-state index in [2.05, 4.69) is 0 Å². The van der Waals surface area contributed by atoms with Crippen LogP contribution in [0.3, 0.4) is 0 Å². The van der Waals surface area contributed by atoms with Gasteiger partial charge in [-0.1, -0.05) is 12.1 Å². The fourth-order valence-electron chi connectivity index (χ4n) is 4.85. The average molecular weight is 567 g/mol. The van der Waals surface area contributed by atoms with Gasteiger partial charge in [0.15, 0.2) is 21.5 Å². The molecule has 39 heavy (non-hydrogen) atoms. The van der Waals surface area contributed by atoms with E-state index in [1.54, 1.807) is 0 Å². The van der Waals surface area contributed by atoms with Gasteiger partial charge >= 0.3 is 6.18 Å². The number of fused-ring (bicyclic) bond motifs is 2. The molecule has 2 aliphatic heterocycles. The molecule has 2 aliphatic rings. The molecule has 2 heterocycles. The molecule has 9 nitrogen and oxygen atoms in total. The first-order chi connectivity index (χ1) is 18.2. The molecule has 202 valence electrons. The molecular formula is C24H14F5N3O6S. The third kappa shape index (κ3) is 3.83. The highest BCUT2D eigenvalue weighted by molar-refractivity contribution is 7.94. The van der Waals surface area contributed by atoms with Gasteiger partial charge in [-0.15, -0.1) is 0 Å². The highest BCUT2D eigenvalue weighted by Gasteiger charge is 2.70. The van der Waals surface area contributed by atoms with E-state index < -0.39 is 84.1 Å². The van der Waals surface area contributed by atoms with E-state index in [0.717, 1.165) is 47.4 Å². The van der Waals surface area contributed by atoms with E-state index in [0.29, 0.717) is 17.0 Å². The number of hydrogen-bond acceptors (Lipinski definition) is 6. The monoisotopic (exact) mass is 567 g/mol. The Balaban J connectivity index is 1.76. The predicted octanol–water partition coefficient (Wildman–Crippen LogP) is 4.05. The van der Waals surface area contributed by atoms with Crippen molar-refractivity contribution in [1.29, 1.82) is 0 Å². The van der Waals surface area contributed by atoms with Crippen LogP contribution in [0.15, 0.2) is 60.7 Å². The topological polar surface area (TPSA) is 118 Å². The zero-order chi connectivity index (χ0) is 28.5. The molecule has 5 rings (SSSR count). The van der Waals surface area contributed by atoms with Crippen molar-refractivity contribution < 1.29 is 44.9 Å². The third-order valence-corrected chi connectivity index (χ3v) is 8.57. The molecule has 2 amide bonds. The fourth-order valence-corrected chi connectivity index (χ4v) is 6.87. The fraction of sp³-hybridized carbons (Fsp3) is 0.167. The zero-order valence-corrected chi connectivity index (χ0v) is 20.1. The predicted molar refractivity (Wildman–Crippen MR) is 125 cm³/mol. The van der Waals surface area contributed by atoms with Crippen molar-refractivity contribution in [2.45, 2.75) is 17.6 Å². The van der Waals surface area contributed by atoms with E-state index in [9.17, 15) is 50.1 Å². The Bertz CT molecular complexity index is 1690. The number of hydrogen-bond donors (Lipinski definition) is 0. The Kier molecular flexibility index (Phi) is 5.75. The summed E-state index contributed by atoms with van der Waals surface area (Å²) in [6.07, 6.45) is -4.73. The number of nitrogens with zero attached hydrogens (tertiary/aromatic N) is 3. The highest BCUT2D eigenvalue weighted by Crippen LogP contribution is 2.53. The Morgan fingerprint density at radius 1 is 0.974 bits per heavy atom. The number of benzene rings is 3. The van der Waals surface area contributed by atoms with Gasteiger partial charge in [-0.3, -0.25) is 24.6 Å². The van der Waals surface area contributed by atoms with Gasteiger partial charge in [0, 0.05) is 29.4 Å². The van der Waals surface area contributed by atoms with Crippen molar-refractivity contribution in [2.24, 2.45) is 0 Å². The van der Waals surface area contributed by atoms with Crippen LogP contribution in [0.5, 0.6) is 0 Å². The lowest BCUT2D eigenvalue weighted by Crippen LogP contribution is -2.54. The lowest BCUT2D eigenvalue weighted by atomic mass is 10.0.